The number of anilines is 1. The van der Waals surface area contributed by atoms with E-state index < -0.39 is 5.56 Å². The van der Waals surface area contributed by atoms with Gasteiger partial charge in [0, 0.05) is 5.56 Å². The number of nitrogen functional groups attached to an aromatic ring is 1. The molecule has 0 atom stereocenters. The van der Waals surface area contributed by atoms with Crippen molar-refractivity contribution in [2.45, 2.75) is 0 Å². The van der Waals surface area contributed by atoms with Gasteiger partial charge in [0.25, 0.3) is 5.56 Å². The Morgan fingerprint density at radius 1 is 0.957 bits per heavy atom. The number of nitrogens with zero attached hydrogens (tertiary/aromatic N) is 2. The van der Waals surface area contributed by atoms with E-state index in [4.69, 9.17) is 5.73 Å². The highest BCUT2D eigenvalue weighted by atomic mass is 32.1. The van der Waals surface area contributed by atoms with Gasteiger partial charge in [-0.15, -0.1) is 0 Å². The highest BCUT2D eigenvalue weighted by Crippen LogP contribution is 2.30. The highest BCUT2D eigenvalue weighted by Gasteiger charge is 2.17. The number of benzene rings is 1. The Kier molecular flexibility index (Phi) is 3.68. The molecule has 0 aliphatic carbocycles. The van der Waals surface area contributed by atoms with Crippen LogP contribution in [0.1, 0.15) is 11.1 Å². The maximum absolute atomic E-state index is 11.9. The van der Waals surface area contributed by atoms with Gasteiger partial charge in [0.2, 0.25) is 0 Å². The molecule has 110 valence electrons. The predicted octanol–water partition coefficient (Wildman–Crippen LogP) is 3.10. The van der Waals surface area contributed by atoms with Gasteiger partial charge in [-0.1, -0.05) is 24.3 Å². The Morgan fingerprint density at radius 3 is 2.17 bits per heavy atom. The van der Waals surface area contributed by atoms with Gasteiger partial charge in [-0.2, -0.15) is 21.9 Å². The van der Waals surface area contributed by atoms with E-state index in [1.807, 2.05) is 41.1 Å². The molecule has 0 saturated carbocycles. The second-order valence-corrected chi connectivity index (χ2v) is 5.59. The molecule has 0 spiro atoms. The van der Waals surface area contributed by atoms with Crippen molar-refractivity contribution in [1.29, 1.82) is 10.5 Å². The Labute approximate surface area is 135 Å². The van der Waals surface area contributed by atoms with Crippen molar-refractivity contribution in [3.8, 4) is 34.4 Å². The molecular formula is C17H10N4OS. The molecule has 2 aromatic heterocycles. The fourth-order valence-corrected chi connectivity index (χ4v) is 3.06. The first-order valence-corrected chi connectivity index (χ1v) is 7.59. The van der Waals surface area contributed by atoms with Gasteiger partial charge in [0.1, 0.15) is 29.1 Å². The lowest BCUT2D eigenvalue weighted by Crippen LogP contribution is -2.16. The molecule has 3 aromatic rings. The number of hydrogen-bond acceptors (Lipinski definition) is 5. The smallest absolute Gasteiger partial charge is 0.268 e. The third-order valence-electron chi connectivity index (χ3n) is 3.50. The van der Waals surface area contributed by atoms with E-state index in [-0.39, 0.29) is 22.5 Å². The first kappa shape index (κ1) is 14.6. The highest BCUT2D eigenvalue weighted by molar-refractivity contribution is 7.08. The van der Waals surface area contributed by atoms with Crippen molar-refractivity contribution >= 4 is 17.2 Å². The SMILES string of the molecule is N#Cc1c(N)[nH]c(=O)c(C#N)c1-c1ccc(-c2ccsc2)cc1. The van der Waals surface area contributed by atoms with E-state index in [1.54, 1.807) is 23.5 Å². The number of aromatic amines is 1. The molecule has 0 unspecified atom stereocenters. The van der Waals surface area contributed by atoms with Crippen molar-refractivity contribution in [1.82, 2.24) is 4.98 Å². The summed E-state index contributed by atoms with van der Waals surface area (Å²) in [6, 6.07) is 13.2. The molecule has 0 bridgehead atoms. The second-order valence-electron chi connectivity index (χ2n) is 4.81. The van der Waals surface area contributed by atoms with Crippen molar-refractivity contribution in [3.05, 3.63) is 62.6 Å². The van der Waals surface area contributed by atoms with E-state index >= 15 is 0 Å². The largest absolute Gasteiger partial charge is 0.384 e. The van der Waals surface area contributed by atoms with Crippen LogP contribution in [-0.4, -0.2) is 4.98 Å². The van der Waals surface area contributed by atoms with Gasteiger partial charge in [-0.3, -0.25) is 4.79 Å². The summed E-state index contributed by atoms with van der Waals surface area (Å²) in [7, 11) is 0. The maximum atomic E-state index is 11.9. The third kappa shape index (κ3) is 2.48. The average Bonchev–Trinajstić information content (AvgIpc) is 3.09. The molecule has 0 amide bonds. The zero-order chi connectivity index (χ0) is 16.4. The molecular weight excluding hydrogens is 308 g/mol. The Bertz CT molecular complexity index is 1000. The molecule has 3 N–H and O–H groups in total. The van der Waals surface area contributed by atoms with Crippen LogP contribution in [0.15, 0.2) is 45.9 Å². The monoisotopic (exact) mass is 318 g/mol. The second kappa shape index (κ2) is 5.80. The first-order chi connectivity index (χ1) is 11.2. The van der Waals surface area contributed by atoms with Crippen molar-refractivity contribution in [2.24, 2.45) is 0 Å². The maximum Gasteiger partial charge on any atom is 0.268 e. The molecule has 0 saturated heterocycles. The third-order valence-corrected chi connectivity index (χ3v) is 4.18. The van der Waals surface area contributed by atoms with Crippen molar-refractivity contribution < 1.29 is 0 Å². The summed E-state index contributed by atoms with van der Waals surface area (Å²) in [4.78, 5) is 14.3. The predicted molar refractivity (Wildman–Crippen MR) is 89.7 cm³/mol. The van der Waals surface area contributed by atoms with E-state index in [0.717, 1.165) is 11.1 Å². The lowest BCUT2D eigenvalue weighted by atomic mass is 9.95. The summed E-state index contributed by atoms with van der Waals surface area (Å²) < 4.78 is 0. The van der Waals surface area contributed by atoms with Crippen LogP contribution in [0.4, 0.5) is 5.82 Å². The Hall–Kier alpha value is -3.35. The van der Waals surface area contributed by atoms with Crippen LogP contribution >= 0.6 is 11.3 Å². The van der Waals surface area contributed by atoms with Gasteiger partial charge in [-0.05, 0) is 33.5 Å². The van der Waals surface area contributed by atoms with Gasteiger partial charge in [0.15, 0.2) is 0 Å². The summed E-state index contributed by atoms with van der Waals surface area (Å²) in [6.45, 7) is 0. The number of pyridine rings is 1. The number of nitrogens with two attached hydrogens (primary N) is 1. The van der Waals surface area contributed by atoms with Crippen molar-refractivity contribution in [2.75, 3.05) is 5.73 Å². The molecule has 0 aliphatic rings. The first-order valence-electron chi connectivity index (χ1n) is 6.64. The number of aromatic nitrogens is 1. The Balaban J connectivity index is 2.21. The lowest BCUT2D eigenvalue weighted by Gasteiger charge is -2.09. The number of thiophene rings is 1. The average molecular weight is 318 g/mol. The minimum absolute atomic E-state index is 0.0339. The summed E-state index contributed by atoms with van der Waals surface area (Å²) in [5.41, 5.74) is 8.09. The van der Waals surface area contributed by atoms with Crippen LogP contribution in [0.25, 0.3) is 22.3 Å². The molecule has 2 heterocycles. The molecule has 3 rings (SSSR count). The molecule has 6 heteroatoms. The van der Waals surface area contributed by atoms with E-state index in [0.29, 0.717) is 5.56 Å². The van der Waals surface area contributed by atoms with Crippen LogP contribution in [-0.2, 0) is 0 Å². The number of rotatable bonds is 2. The minimum atomic E-state index is -0.596. The lowest BCUT2D eigenvalue weighted by molar-refractivity contribution is 1.21. The summed E-state index contributed by atoms with van der Waals surface area (Å²) in [5, 5.41) is 22.6. The molecule has 23 heavy (non-hydrogen) atoms. The van der Waals surface area contributed by atoms with Crippen LogP contribution < -0.4 is 11.3 Å². The number of hydrogen-bond donors (Lipinski definition) is 2. The van der Waals surface area contributed by atoms with Crippen molar-refractivity contribution in [3.63, 3.8) is 0 Å². The number of nitriles is 2. The molecule has 0 radical (unpaired) electrons. The van der Waals surface area contributed by atoms with Crippen LogP contribution in [0.5, 0.6) is 0 Å². The van der Waals surface area contributed by atoms with Gasteiger partial charge >= 0.3 is 0 Å². The van der Waals surface area contributed by atoms with Crippen LogP contribution in [0, 0.1) is 22.7 Å². The van der Waals surface area contributed by atoms with E-state index in [2.05, 4.69) is 4.98 Å². The minimum Gasteiger partial charge on any atom is -0.384 e. The Morgan fingerprint density at radius 2 is 1.61 bits per heavy atom. The van der Waals surface area contributed by atoms with E-state index in [1.165, 1.54) is 0 Å². The molecule has 5 nitrogen and oxygen atoms in total. The zero-order valence-electron chi connectivity index (χ0n) is 11.8. The van der Waals surface area contributed by atoms with Gasteiger partial charge in [0.05, 0.1) is 0 Å². The summed E-state index contributed by atoms with van der Waals surface area (Å²) in [6.07, 6.45) is 0. The van der Waals surface area contributed by atoms with Gasteiger partial charge < -0.3 is 10.7 Å². The van der Waals surface area contributed by atoms with E-state index in [9.17, 15) is 15.3 Å². The topological polar surface area (TPSA) is 106 Å². The quantitative estimate of drug-likeness (QED) is 0.757. The standard InChI is InChI=1S/C17H10N4OS/c18-7-13-15(14(8-19)17(22)21-16(13)20)11-3-1-10(2-4-11)12-5-6-23-9-12/h1-6,9H,(H3,20,21,22). The molecule has 0 aliphatic heterocycles. The molecule has 0 fully saturated rings. The molecule has 1 aromatic carbocycles. The summed E-state index contributed by atoms with van der Waals surface area (Å²) in [5.74, 6) is -0.0339. The fraction of sp³-hybridized carbons (Fsp3) is 0. The van der Waals surface area contributed by atoms with Crippen LogP contribution in [0.3, 0.4) is 0 Å². The zero-order valence-corrected chi connectivity index (χ0v) is 12.6. The normalized spacial score (nSPS) is 10.0. The number of nitrogens with one attached hydrogen (secondary N) is 1. The number of H-pyrrole nitrogens is 1. The fourth-order valence-electron chi connectivity index (χ4n) is 2.39. The van der Waals surface area contributed by atoms with Gasteiger partial charge in [-0.25, -0.2) is 0 Å². The summed E-state index contributed by atoms with van der Waals surface area (Å²) >= 11 is 1.60. The van der Waals surface area contributed by atoms with Crippen LogP contribution in [0.2, 0.25) is 0 Å².